The zero-order valence-electron chi connectivity index (χ0n) is 10.6. The molecule has 108 valence electrons. The fourth-order valence-corrected chi connectivity index (χ4v) is 1.76. The summed E-state index contributed by atoms with van der Waals surface area (Å²) >= 11 is 0. The van der Waals surface area contributed by atoms with Crippen molar-refractivity contribution in [1.82, 2.24) is 5.16 Å². The molecule has 0 saturated heterocycles. The van der Waals surface area contributed by atoms with E-state index in [1.54, 1.807) is 0 Å². The van der Waals surface area contributed by atoms with E-state index in [1.807, 2.05) is 0 Å². The largest absolute Gasteiger partial charge is 0.497 e. The van der Waals surface area contributed by atoms with Gasteiger partial charge in [-0.2, -0.15) is 13.2 Å². The predicted octanol–water partition coefficient (Wildman–Crippen LogP) is 2.96. The van der Waals surface area contributed by atoms with Gasteiger partial charge in [-0.05, 0) is 12.1 Å². The Morgan fingerprint density at radius 3 is 2.30 bits per heavy atom. The molecule has 0 radical (unpaired) electrons. The third kappa shape index (κ3) is 2.49. The Labute approximate surface area is 112 Å². The van der Waals surface area contributed by atoms with Crippen LogP contribution in [0.15, 0.2) is 22.7 Å². The summed E-state index contributed by atoms with van der Waals surface area (Å²) in [6, 6.07) is 3.52. The first-order valence-electron chi connectivity index (χ1n) is 5.42. The highest BCUT2D eigenvalue weighted by Gasteiger charge is 2.36. The van der Waals surface area contributed by atoms with Gasteiger partial charge in [-0.1, -0.05) is 5.16 Å². The fraction of sp³-hybridized carbons (Fsp3) is 0.250. The fourth-order valence-electron chi connectivity index (χ4n) is 1.76. The van der Waals surface area contributed by atoms with E-state index in [2.05, 4.69) is 9.68 Å². The first kappa shape index (κ1) is 14.0. The SMILES string of the molecule is COc1cc(-c2cc(N)on2)c(OC)c(C(F)(F)F)c1. The van der Waals surface area contributed by atoms with Crippen molar-refractivity contribution in [3.05, 3.63) is 23.8 Å². The van der Waals surface area contributed by atoms with E-state index in [0.29, 0.717) is 0 Å². The molecular formula is C12H11F3N2O3. The molecule has 8 heteroatoms. The second kappa shape index (κ2) is 4.95. The van der Waals surface area contributed by atoms with Crippen LogP contribution < -0.4 is 15.2 Å². The Hall–Kier alpha value is -2.38. The highest BCUT2D eigenvalue weighted by Crippen LogP contribution is 2.44. The summed E-state index contributed by atoms with van der Waals surface area (Å²) in [6.07, 6.45) is -4.59. The summed E-state index contributed by atoms with van der Waals surface area (Å²) in [4.78, 5) is 0. The normalized spacial score (nSPS) is 11.4. The van der Waals surface area contributed by atoms with Crippen LogP contribution in [0.1, 0.15) is 5.56 Å². The number of nitrogens with zero attached hydrogens (tertiary/aromatic N) is 1. The van der Waals surface area contributed by atoms with Gasteiger partial charge >= 0.3 is 6.18 Å². The molecule has 0 amide bonds. The lowest BCUT2D eigenvalue weighted by Gasteiger charge is -2.16. The van der Waals surface area contributed by atoms with Gasteiger partial charge in [-0.25, -0.2) is 0 Å². The molecule has 1 aromatic carbocycles. The topological polar surface area (TPSA) is 70.5 Å². The standard InChI is InChI=1S/C12H11F3N2O3/c1-18-6-3-7(9-5-10(16)20-17-9)11(19-2)8(4-6)12(13,14)15/h3-5H,16H2,1-2H3. The Balaban J connectivity index is 2.72. The maximum Gasteiger partial charge on any atom is 0.420 e. The van der Waals surface area contributed by atoms with Crippen LogP contribution in [-0.2, 0) is 6.18 Å². The van der Waals surface area contributed by atoms with Crippen molar-refractivity contribution in [2.75, 3.05) is 20.0 Å². The van der Waals surface area contributed by atoms with Crippen molar-refractivity contribution in [1.29, 1.82) is 0 Å². The number of ether oxygens (including phenoxy) is 2. The van der Waals surface area contributed by atoms with Crippen LogP contribution in [0.3, 0.4) is 0 Å². The molecule has 0 aliphatic heterocycles. The number of alkyl halides is 3. The van der Waals surface area contributed by atoms with Crippen molar-refractivity contribution in [2.24, 2.45) is 0 Å². The first-order chi connectivity index (χ1) is 9.36. The molecule has 0 saturated carbocycles. The number of halogens is 3. The monoisotopic (exact) mass is 288 g/mol. The molecule has 5 nitrogen and oxygen atoms in total. The number of anilines is 1. The van der Waals surface area contributed by atoms with E-state index < -0.39 is 11.7 Å². The number of hydrogen-bond donors (Lipinski definition) is 1. The highest BCUT2D eigenvalue weighted by atomic mass is 19.4. The number of nitrogens with two attached hydrogens (primary N) is 1. The molecular weight excluding hydrogens is 277 g/mol. The molecule has 0 unspecified atom stereocenters. The highest BCUT2D eigenvalue weighted by molar-refractivity contribution is 5.72. The lowest BCUT2D eigenvalue weighted by molar-refractivity contribution is -0.138. The summed E-state index contributed by atoms with van der Waals surface area (Å²) in [5, 5.41) is 3.59. The summed E-state index contributed by atoms with van der Waals surface area (Å²) in [5.74, 6) is -0.361. The average Bonchev–Trinajstić information content (AvgIpc) is 2.82. The zero-order chi connectivity index (χ0) is 14.9. The van der Waals surface area contributed by atoms with Crippen LogP contribution in [0.5, 0.6) is 11.5 Å². The summed E-state index contributed by atoms with van der Waals surface area (Å²) in [7, 11) is 2.41. The summed E-state index contributed by atoms with van der Waals surface area (Å²) < 4.78 is 53.6. The van der Waals surface area contributed by atoms with E-state index in [4.69, 9.17) is 15.2 Å². The molecule has 0 spiro atoms. The van der Waals surface area contributed by atoms with E-state index in [9.17, 15) is 13.2 Å². The summed E-state index contributed by atoms with van der Waals surface area (Å²) in [6.45, 7) is 0. The molecule has 2 rings (SSSR count). The molecule has 0 atom stereocenters. The molecule has 1 aromatic heterocycles. The van der Waals surface area contributed by atoms with Crippen LogP contribution in [0.25, 0.3) is 11.3 Å². The van der Waals surface area contributed by atoms with E-state index in [1.165, 1.54) is 19.2 Å². The van der Waals surface area contributed by atoms with Gasteiger partial charge in [0, 0.05) is 6.07 Å². The maximum atomic E-state index is 13.0. The number of benzene rings is 1. The Kier molecular flexibility index (Phi) is 3.47. The number of nitrogen functional groups attached to an aromatic ring is 1. The molecule has 2 aromatic rings. The van der Waals surface area contributed by atoms with Gasteiger partial charge < -0.3 is 19.7 Å². The summed E-state index contributed by atoms with van der Waals surface area (Å²) in [5.41, 5.74) is 4.63. The molecule has 0 aliphatic carbocycles. The third-order valence-electron chi connectivity index (χ3n) is 2.61. The molecule has 2 N–H and O–H groups in total. The Morgan fingerprint density at radius 1 is 1.15 bits per heavy atom. The minimum absolute atomic E-state index is 0.0153. The maximum absolute atomic E-state index is 13.0. The second-order valence-corrected chi connectivity index (χ2v) is 3.87. The van der Waals surface area contributed by atoms with Gasteiger partial charge in [0.1, 0.15) is 22.8 Å². The molecule has 1 heterocycles. The third-order valence-corrected chi connectivity index (χ3v) is 2.61. The zero-order valence-corrected chi connectivity index (χ0v) is 10.6. The minimum Gasteiger partial charge on any atom is -0.497 e. The Morgan fingerprint density at radius 2 is 1.85 bits per heavy atom. The molecule has 0 fully saturated rings. The van der Waals surface area contributed by atoms with Gasteiger partial charge in [0.15, 0.2) is 0 Å². The van der Waals surface area contributed by atoms with Gasteiger partial charge in [0.2, 0.25) is 5.88 Å². The van der Waals surface area contributed by atoms with Crippen LogP contribution in [0.4, 0.5) is 19.1 Å². The van der Waals surface area contributed by atoms with Crippen molar-refractivity contribution in [3.8, 4) is 22.8 Å². The van der Waals surface area contributed by atoms with Crippen molar-refractivity contribution < 1.29 is 27.2 Å². The van der Waals surface area contributed by atoms with Gasteiger partial charge in [0.05, 0.1) is 19.8 Å². The number of methoxy groups -OCH3 is 2. The van der Waals surface area contributed by atoms with Gasteiger partial charge in [-0.3, -0.25) is 0 Å². The lowest BCUT2D eigenvalue weighted by atomic mass is 10.0. The molecule has 20 heavy (non-hydrogen) atoms. The van der Waals surface area contributed by atoms with Crippen LogP contribution in [0, 0.1) is 0 Å². The second-order valence-electron chi connectivity index (χ2n) is 3.87. The number of hydrogen-bond acceptors (Lipinski definition) is 5. The Bertz CT molecular complexity index is 623. The van der Waals surface area contributed by atoms with Crippen molar-refractivity contribution in [2.45, 2.75) is 6.18 Å². The van der Waals surface area contributed by atoms with E-state index >= 15 is 0 Å². The van der Waals surface area contributed by atoms with Gasteiger partial charge in [-0.15, -0.1) is 0 Å². The quantitative estimate of drug-likeness (QED) is 0.940. The number of rotatable bonds is 3. The van der Waals surface area contributed by atoms with Crippen molar-refractivity contribution in [3.63, 3.8) is 0 Å². The van der Waals surface area contributed by atoms with Crippen molar-refractivity contribution >= 4 is 5.88 Å². The lowest BCUT2D eigenvalue weighted by Crippen LogP contribution is -2.09. The molecule has 0 bridgehead atoms. The number of aromatic nitrogens is 1. The van der Waals surface area contributed by atoms with Crippen LogP contribution in [-0.4, -0.2) is 19.4 Å². The first-order valence-corrected chi connectivity index (χ1v) is 5.42. The van der Waals surface area contributed by atoms with Gasteiger partial charge in [0.25, 0.3) is 0 Å². The van der Waals surface area contributed by atoms with Crippen LogP contribution in [0.2, 0.25) is 0 Å². The molecule has 0 aliphatic rings. The van der Waals surface area contributed by atoms with Crippen LogP contribution >= 0.6 is 0 Å². The van der Waals surface area contributed by atoms with E-state index in [-0.39, 0.29) is 28.6 Å². The van der Waals surface area contributed by atoms with E-state index in [0.717, 1.165) is 13.2 Å². The smallest absolute Gasteiger partial charge is 0.420 e. The average molecular weight is 288 g/mol. The minimum atomic E-state index is -4.59. The predicted molar refractivity (Wildman–Crippen MR) is 64.5 cm³/mol.